The molecule has 1 aliphatic heterocycles. The summed E-state index contributed by atoms with van der Waals surface area (Å²) in [5, 5.41) is 2.94. The highest BCUT2D eigenvalue weighted by atomic mass is 19.1. The number of hydrogen-bond acceptors (Lipinski definition) is 2. The van der Waals surface area contributed by atoms with Crippen LogP contribution in [0.1, 0.15) is 35.7 Å². The quantitative estimate of drug-likeness (QED) is 0.769. The number of carbonyl (C=O) groups is 2. The molecule has 1 fully saturated rings. The van der Waals surface area contributed by atoms with E-state index in [0.29, 0.717) is 12.1 Å². The molecule has 0 aliphatic carbocycles. The van der Waals surface area contributed by atoms with E-state index in [0.717, 1.165) is 38.0 Å². The van der Waals surface area contributed by atoms with Gasteiger partial charge in [-0.2, -0.15) is 0 Å². The number of hydrogen-bond donors (Lipinski definition) is 2. The van der Waals surface area contributed by atoms with Crippen LogP contribution >= 0.6 is 0 Å². The van der Waals surface area contributed by atoms with Crippen LogP contribution in [-0.4, -0.2) is 31.3 Å². The number of amides is 1. The minimum absolute atomic E-state index is 0.00226. The number of ketones is 1. The van der Waals surface area contributed by atoms with Gasteiger partial charge in [0.15, 0.2) is 12.3 Å². The van der Waals surface area contributed by atoms with Gasteiger partial charge in [-0.3, -0.25) is 9.59 Å². The number of rotatable bonds is 6. The molecular weight excluding hydrogens is 343 g/mol. The SMILES string of the molecule is CCc1ccc(NC(=O)C[NH+]2CCC(C(=O)c3ccc(F)cc3)CC2)cc1. The van der Waals surface area contributed by atoms with Crippen molar-refractivity contribution in [1.29, 1.82) is 0 Å². The molecule has 0 radical (unpaired) electrons. The zero-order valence-corrected chi connectivity index (χ0v) is 15.6. The molecule has 3 rings (SSSR count). The topological polar surface area (TPSA) is 50.6 Å². The molecule has 2 aromatic rings. The van der Waals surface area contributed by atoms with Gasteiger partial charge in [0.25, 0.3) is 5.91 Å². The summed E-state index contributed by atoms with van der Waals surface area (Å²) in [6, 6.07) is 13.7. The molecule has 5 heteroatoms. The minimum Gasteiger partial charge on any atom is -0.327 e. The Morgan fingerprint density at radius 2 is 1.67 bits per heavy atom. The van der Waals surface area contributed by atoms with Crippen LogP contribution in [-0.2, 0) is 11.2 Å². The number of halogens is 1. The molecule has 2 N–H and O–H groups in total. The van der Waals surface area contributed by atoms with Crippen LogP contribution in [0.3, 0.4) is 0 Å². The fourth-order valence-electron chi connectivity index (χ4n) is 3.57. The van der Waals surface area contributed by atoms with Crippen LogP contribution < -0.4 is 10.2 Å². The molecular formula is C22H26FN2O2+. The first-order valence-electron chi connectivity index (χ1n) is 9.57. The van der Waals surface area contributed by atoms with Crippen molar-refractivity contribution in [2.75, 3.05) is 25.0 Å². The molecule has 0 atom stereocenters. The summed E-state index contributed by atoms with van der Waals surface area (Å²) in [7, 11) is 0. The second-order valence-corrected chi connectivity index (χ2v) is 7.17. The van der Waals surface area contributed by atoms with Gasteiger partial charge in [0.05, 0.1) is 13.1 Å². The molecule has 0 unspecified atom stereocenters. The first kappa shape index (κ1) is 19.2. The summed E-state index contributed by atoms with van der Waals surface area (Å²) in [5.74, 6) is -0.294. The van der Waals surface area contributed by atoms with Crippen LogP contribution in [0, 0.1) is 11.7 Å². The van der Waals surface area contributed by atoms with E-state index in [4.69, 9.17) is 0 Å². The molecule has 2 aromatic carbocycles. The Morgan fingerprint density at radius 1 is 1.04 bits per heavy atom. The number of anilines is 1. The first-order chi connectivity index (χ1) is 13.0. The zero-order valence-electron chi connectivity index (χ0n) is 15.6. The third-order valence-electron chi connectivity index (χ3n) is 5.25. The Labute approximate surface area is 159 Å². The van der Waals surface area contributed by atoms with E-state index in [1.165, 1.54) is 22.6 Å². The third kappa shape index (κ3) is 5.23. The number of carbonyl (C=O) groups excluding carboxylic acids is 2. The van der Waals surface area contributed by atoms with Gasteiger partial charge in [0.2, 0.25) is 0 Å². The maximum atomic E-state index is 13.0. The summed E-state index contributed by atoms with van der Waals surface area (Å²) >= 11 is 0. The lowest BCUT2D eigenvalue weighted by atomic mass is 9.89. The Bertz CT molecular complexity index is 779. The zero-order chi connectivity index (χ0) is 19.2. The Morgan fingerprint density at radius 3 is 2.26 bits per heavy atom. The fourth-order valence-corrected chi connectivity index (χ4v) is 3.57. The number of piperidine rings is 1. The molecule has 4 nitrogen and oxygen atoms in total. The number of likely N-dealkylation sites (tertiary alicyclic amines) is 1. The Kier molecular flexibility index (Phi) is 6.35. The largest absolute Gasteiger partial charge is 0.327 e. The third-order valence-corrected chi connectivity index (χ3v) is 5.25. The lowest BCUT2D eigenvalue weighted by Gasteiger charge is -2.28. The lowest BCUT2D eigenvalue weighted by molar-refractivity contribution is -0.897. The van der Waals surface area contributed by atoms with Gasteiger partial charge in [-0.25, -0.2) is 4.39 Å². The van der Waals surface area contributed by atoms with E-state index in [1.54, 1.807) is 12.1 Å². The number of quaternary nitrogens is 1. The molecule has 0 aromatic heterocycles. The maximum absolute atomic E-state index is 13.0. The fraction of sp³-hybridized carbons (Fsp3) is 0.364. The van der Waals surface area contributed by atoms with E-state index in [9.17, 15) is 14.0 Å². The Balaban J connectivity index is 1.46. The van der Waals surface area contributed by atoms with Crippen LogP contribution in [0.4, 0.5) is 10.1 Å². The first-order valence-corrected chi connectivity index (χ1v) is 9.57. The van der Waals surface area contributed by atoms with Gasteiger partial charge in [0.1, 0.15) is 5.82 Å². The summed E-state index contributed by atoms with van der Waals surface area (Å²) in [4.78, 5) is 26.0. The van der Waals surface area contributed by atoms with Gasteiger partial charge in [0, 0.05) is 30.0 Å². The highest BCUT2D eigenvalue weighted by Crippen LogP contribution is 2.17. The van der Waals surface area contributed by atoms with E-state index in [-0.39, 0.29) is 23.4 Å². The van der Waals surface area contributed by atoms with Crippen molar-refractivity contribution in [3.05, 3.63) is 65.5 Å². The van der Waals surface area contributed by atoms with Gasteiger partial charge >= 0.3 is 0 Å². The van der Waals surface area contributed by atoms with Crippen molar-refractivity contribution in [3.8, 4) is 0 Å². The van der Waals surface area contributed by atoms with Crippen molar-refractivity contribution < 1.29 is 18.9 Å². The highest BCUT2D eigenvalue weighted by Gasteiger charge is 2.29. The predicted molar refractivity (Wildman–Crippen MR) is 103 cm³/mol. The molecule has 1 aliphatic rings. The van der Waals surface area contributed by atoms with Crippen molar-refractivity contribution in [2.24, 2.45) is 5.92 Å². The smallest absolute Gasteiger partial charge is 0.279 e. The van der Waals surface area contributed by atoms with Crippen molar-refractivity contribution in [3.63, 3.8) is 0 Å². The van der Waals surface area contributed by atoms with Crippen molar-refractivity contribution in [1.82, 2.24) is 0 Å². The second-order valence-electron chi connectivity index (χ2n) is 7.17. The minimum atomic E-state index is -0.332. The van der Waals surface area contributed by atoms with Gasteiger partial charge < -0.3 is 10.2 Å². The standard InChI is InChI=1S/C22H25FN2O2/c1-2-16-3-9-20(10-4-16)24-21(26)15-25-13-11-18(12-14-25)22(27)17-5-7-19(23)8-6-17/h3-10,18H,2,11-15H2,1H3,(H,24,26)/p+1. The van der Waals surface area contributed by atoms with E-state index in [2.05, 4.69) is 12.2 Å². The van der Waals surface area contributed by atoms with Crippen LogP contribution in [0.25, 0.3) is 0 Å². The number of benzene rings is 2. The number of nitrogens with one attached hydrogen (secondary N) is 2. The molecule has 1 amide bonds. The maximum Gasteiger partial charge on any atom is 0.279 e. The summed E-state index contributed by atoms with van der Waals surface area (Å²) < 4.78 is 13.0. The number of aryl methyl sites for hydroxylation is 1. The van der Waals surface area contributed by atoms with Gasteiger partial charge in [-0.1, -0.05) is 19.1 Å². The molecule has 0 bridgehead atoms. The average Bonchev–Trinajstić information content (AvgIpc) is 2.69. The van der Waals surface area contributed by atoms with Crippen LogP contribution in [0.15, 0.2) is 48.5 Å². The molecule has 0 spiro atoms. The van der Waals surface area contributed by atoms with E-state index < -0.39 is 0 Å². The van der Waals surface area contributed by atoms with Crippen LogP contribution in [0.5, 0.6) is 0 Å². The monoisotopic (exact) mass is 369 g/mol. The van der Waals surface area contributed by atoms with E-state index in [1.807, 2.05) is 24.3 Å². The summed E-state index contributed by atoms with van der Waals surface area (Å²) in [5.41, 5.74) is 2.63. The predicted octanol–water partition coefficient (Wildman–Crippen LogP) is 2.50. The lowest BCUT2D eigenvalue weighted by Crippen LogP contribution is -3.14. The average molecular weight is 369 g/mol. The molecule has 1 heterocycles. The number of Topliss-reactive ketones (excluding diaryl/α,β-unsaturated/α-hetero) is 1. The normalized spacial score (nSPS) is 19.5. The van der Waals surface area contributed by atoms with Gasteiger partial charge in [-0.15, -0.1) is 0 Å². The molecule has 0 saturated carbocycles. The molecule has 1 saturated heterocycles. The summed E-state index contributed by atoms with van der Waals surface area (Å²) in [6.07, 6.45) is 2.48. The van der Waals surface area contributed by atoms with Crippen LogP contribution in [0.2, 0.25) is 0 Å². The Hall–Kier alpha value is -2.53. The van der Waals surface area contributed by atoms with Gasteiger partial charge in [-0.05, 0) is 48.4 Å². The second kappa shape index (κ2) is 8.91. The van der Waals surface area contributed by atoms with E-state index >= 15 is 0 Å². The van der Waals surface area contributed by atoms with Crippen molar-refractivity contribution in [2.45, 2.75) is 26.2 Å². The molecule has 142 valence electrons. The molecule has 27 heavy (non-hydrogen) atoms. The summed E-state index contributed by atoms with van der Waals surface area (Å²) in [6.45, 7) is 4.09. The highest BCUT2D eigenvalue weighted by molar-refractivity contribution is 5.97. The van der Waals surface area contributed by atoms with Crippen molar-refractivity contribution >= 4 is 17.4 Å².